The third kappa shape index (κ3) is 3.76. The van der Waals surface area contributed by atoms with Crippen LogP contribution in [-0.2, 0) is 0 Å². The van der Waals surface area contributed by atoms with E-state index in [1.807, 2.05) is 0 Å². The van der Waals surface area contributed by atoms with Crippen LogP contribution in [0.3, 0.4) is 0 Å². The summed E-state index contributed by atoms with van der Waals surface area (Å²) >= 11 is 0. The lowest BCUT2D eigenvalue weighted by molar-refractivity contribution is -0.723. The number of aliphatic hydroxyl groups is 1. The van der Waals surface area contributed by atoms with Crippen LogP contribution in [0.4, 0.5) is 5.88 Å². The second kappa shape index (κ2) is 7.09. The highest BCUT2D eigenvalue weighted by Crippen LogP contribution is 2.24. The Kier molecular flexibility index (Phi) is 4.92. The predicted octanol–water partition coefficient (Wildman–Crippen LogP) is 0.780. The van der Waals surface area contributed by atoms with Crippen LogP contribution in [0.25, 0.3) is 0 Å². The van der Waals surface area contributed by atoms with E-state index < -0.39 is 0 Å². The number of hydrogen-bond acceptors (Lipinski definition) is 6. The maximum Gasteiger partial charge on any atom is 0.324 e. The fourth-order valence-electron chi connectivity index (χ4n) is 3.33. The fraction of sp³-hybridized carbons (Fsp3) is 0.800. The van der Waals surface area contributed by atoms with Gasteiger partial charge in [-0.2, -0.15) is 5.43 Å². The summed E-state index contributed by atoms with van der Waals surface area (Å²) in [5.41, 5.74) is 3.09. The Morgan fingerprint density at radius 3 is 2.73 bits per heavy atom. The molecule has 2 atom stereocenters. The molecule has 122 valence electrons. The van der Waals surface area contributed by atoms with E-state index in [0.717, 1.165) is 51.4 Å². The molecule has 1 heterocycles. The molecule has 0 amide bonds. The van der Waals surface area contributed by atoms with Gasteiger partial charge in [-0.05, 0) is 37.5 Å². The Bertz CT molecular complexity index is 511. The van der Waals surface area contributed by atoms with Gasteiger partial charge in [0.1, 0.15) is 6.04 Å². The highest BCUT2D eigenvalue weighted by atomic mass is 16.5. The first kappa shape index (κ1) is 15.3. The van der Waals surface area contributed by atoms with Gasteiger partial charge in [-0.3, -0.25) is 4.52 Å². The topological polar surface area (TPSA) is 97.6 Å². The van der Waals surface area contributed by atoms with Crippen LogP contribution >= 0.6 is 0 Å². The molecule has 1 aromatic heterocycles. The summed E-state index contributed by atoms with van der Waals surface area (Å²) in [7, 11) is 0. The van der Waals surface area contributed by atoms with Crippen LogP contribution in [0.5, 0.6) is 0 Å². The largest absolute Gasteiger partial charge is 0.861 e. The molecule has 0 bridgehead atoms. The molecule has 22 heavy (non-hydrogen) atoms. The molecule has 2 fully saturated rings. The van der Waals surface area contributed by atoms with Crippen LogP contribution in [0, 0.1) is 5.92 Å². The number of aliphatic imine (C=N–C) groups is 1. The summed E-state index contributed by atoms with van der Waals surface area (Å²) in [6.45, 7) is 0. The standard InChI is InChI=1S/C15H24N4O3/c20-13-9-5-4-8-12(13)17-19-10-14(22-18-19)16-15(21)11-6-2-1-3-7-11/h10-13,20H,1-9H2,(H-,16,17,18,21). The summed E-state index contributed by atoms with van der Waals surface area (Å²) in [4.78, 5) is 5.43. The third-order valence-corrected chi connectivity index (χ3v) is 4.66. The van der Waals surface area contributed by atoms with Crippen molar-refractivity contribution in [3.05, 3.63) is 6.20 Å². The maximum absolute atomic E-state index is 12.1. The van der Waals surface area contributed by atoms with Crippen molar-refractivity contribution >= 4 is 11.8 Å². The lowest BCUT2D eigenvalue weighted by Gasteiger charge is -2.25. The average Bonchev–Trinajstić information content (AvgIpc) is 2.97. The quantitative estimate of drug-likeness (QED) is 0.486. The normalized spacial score (nSPS) is 27.8. The van der Waals surface area contributed by atoms with E-state index in [2.05, 4.69) is 15.7 Å². The summed E-state index contributed by atoms with van der Waals surface area (Å²) < 4.78 is 5.08. The van der Waals surface area contributed by atoms with Gasteiger partial charge in [0, 0.05) is 0 Å². The van der Waals surface area contributed by atoms with Crippen molar-refractivity contribution in [1.29, 1.82) is 0 Å². The number of aromatic nitrogens is 2. The second-order valence-electron chi connectivity index (χ2n) is 6.36. The highest BCUT2D eigenvalue weighted by molar-refractivity contribution is 5.76. The van der Waals surface area contributed by atoms with Crippen molar-refractivity contribution in [2.45, 2.75) is 69.9 Å². The zero-order chi connectivity index (χ0) is 15.4. The monoisotopic (exact) mass is 308 g/mol. The lowest BCUT2D eigenvalue weighted by atomic mass is 9.89. The van der Waals surface area contributed by atoms with E-state index in [1.165, 1.54) is 11.2 Å². The van der Waals surface area contributed by atoms with Crippen molar-refractivity contribution in [1.82, 2.24) is 5.27 Å². The SMILES string of the molecule is [O-]C(=Nc1c[n+](NC2CCCCC2O)no1)C1CCCCC1. The molecule has 0 saturated heterocycles. The molecule has 7 heteroatoms. The summed E-state index contributed by atoms with van der Waals surface area (Å²) in [6, 6.07) is -0.0363. The zero-order valence-corrected chi connectivity index (χ0v) is 12.8. The number of hydrogen-bond donors (Lipinski definition) is 2. The molecule has 0 aromatic carbocycles. The Labute approximate surface area is 130 Å². The van der Waals surface area contributed by atoms with E-state index in [1.54, 1.807) is 6.20 Å². The van der Waals surface area contributed by atoms with Crippen molar-refractivity contribution in [2.75, 3.05) is 5.43 Å². The van der Waals surface area contributed by atoms with Gasteiger partial charge in [-0.15, -0.1) is 0 Å². The van der Waals surface area contributed by atoms with Gasteiger partial charge in [0.2, 0.25) is 5.27 Å². The van der Waals surface area contributed by atoms with Gasteiger partial charge in [0.05, 0.1) is 10.9 Å². The van der Waals surface area contributed by atoms with E-state index in [-0.39, 0.29) is 29.8 Å². The van der Waals surface area contributed by atoms with Crippen LogP contribution in [0.15, 0.2) is 15.7 Å². The van der Waals surface area contributed by atoms with Crippen LogP contribution < -0.4 is 15.3 Å². The van der Waals surface area contributed by atoms with Gasteiger partial charge >= 0.3 is 5.88 Å². The number of aliphatic hydroxyl groups excluding tert-OH is 1. The molecule has 2 N–H and O–H groups in total. The van der Waals surface area contributed by atoms with Crippen LogP contribution in [-0.4, -0.2) is 28.4 Å². The molecule has 1 aromatic rings. The lowest BCUT2D eigenvalue weighted by Crippen LogP contribution is -2.55. The number of nitrogens with one attached hydrogen (secondary N) is 1. The molecular weight excluding hydrogens is 284 g/mol. The minimum atomic E-state index is -0.373. The maximum atomic E-state index is 12.1. The van der Waals surface area contributed by atoms with Crippen molar-refractivity contribution in [3.63, 3.8) is 0 Å². The number of rotatable bonds is 4. The molecule has 2 unspecified atom stereocenters. The molecule has 0 radical (unpaired) electrons. The summed E-state index contributed by atoms with van der Waals surface area (Å²) in [6.07, 6.45) is 10.3. The van der Waals surface area contributed by atoms with E-state index in [0.29, 0.717) is 0 Å². The molecule has 2 saturated carbocycles. The minimum absolute atomic E-state index is 0.0282. The van der Waals surface area contributed by atoms with E-state index >= 15 is 0 Å². The number of nitrogens with zero attached hydrogens (tertiary/aromatic N) is 3. The van der Waals surface area contributed by atoms with Crippen LogP contribution in [0.1, 0.15) is 57.8 Å². The second-order valence-corrected chi connectivity index (χ2v) is 6.36. The fourth-order valence-corrected chi connectivity index (χ4v) is 3.33. The van der Waals surface area contributed by atoms with Gasteiger partial charge in [-0.25, -0.2) is 4.99 Å². The van der Waals surface area contributed by atoms with Gasteiger partial charge < -0.3 is 10.2 Å². The molecule has 2 aliphatic rings. The highest BCUT2D eigenvalue weighted by Gasteiger charge is 2.27. The average molecular weight is 308 g/mol. The van der Waals surface area contributed by atoms with Crippen molar-refractivity contribution < 1.29 is 19.5 Å². The minimum Gasteiger partial charge on any atom is -0.861 e. The van der Waals surface area contributed by atoms with Gasteiger partial charge in [-0.1, -0.05) is 32.1 Å². The van der Waals surface area contributed by atoms with E-state index in [9.17, 15) is 10.2 Å². The van der Waals surface area contributed by atoms with Crippen molar-refractivity contribution in [2.24, 2.45) is 10.9 Å². The summed E-state index contributed by atoms with van der Waals surface area (Å²) in [5.74, 6) is 0.134. The predicted molar refractivity (Wildman–Crippen MR) is 78.0 cm³/mol. The Balaban J connectivity index is 1.60. The van der Waals surface area contributed by atoms with E-state index in [4.69, 9.17) is 4.52 Å². The molecule has 3 rings (SSSR count). The third-order valence-electron chi connectivity index (χ3n) is 4.66. The first-order valence-corrected chi connectivity index (χ1v) is 8.31. The molecule has 0 aliphatic heterocycles. The molecular formula is C15H24N4O3. The Morgan fingerprint density at radius 1 is 1.23 bits per heavy atom. The Morgan fingerprint density at radius 2 is 1.95 bits per heavy atom. The Hall–Kier alpha value is -1.63. The van der Waals surface area contributed by atoms with Gasteiger partial charge in [0.25, 0.3) is 6.20 Å². The smallest absolute Gasteiger partial charge is 0.324 e. The van der Waals surface area contributed by atoms with Crippen molar-refractivity contribution in [3.8, 4) is 0 Å². The first-order valence-electron chi connectivity index (χ1n) is 8.31. The summed E-state index contributed by atoms with van der Waals surface area (Å²) in [5, 5.41) is 25.9. The molecule has 0 spiro atoms. The van der Waals surface area contributed by atoms with Crippen LogP contribution in [0.2, 0.25) is 0 Å². The first-order chi connectivity index (χ1) is 10.7. The van der Waals surface area contributed by atoms with Gasteiger partial charge in [0.15, 0.2) is 0 Å². The molecule has 7 nitrogen and oxygen atoms in total. The molecule has 2 aliphatic carbocycles. The zero-order valence-electron chi connectivity index (χ0n) is 12.8.